The summed E-state index contributed by atoms with van der Waals surface area (Å²) in [7, 11) is 0. The monoisotopic (exact) mass is 584 g/mol. The first-order valence-corrected chi connectivity index (χ1v) is 13.0. The summed E-state index contributed by atoms with van der Waals surface area (Å²) in [5, 5.41) is 14.0. The average Bonchev–Trinajstić information content (AvgIpc) is 3.41. The van der Waals surface area contributed by atoms with E-state index >= 15 is 0 Å². The highest BCUT2D eigenvalue weighted by molar-refractivity contribution is 7.13. The fourth-order valence-electron chi connectivity index (χ4n) is 3.81. The van der Waals surface area contributed by atoms with Gasteiger partial charge in [-0.15, -0.1) is 11.3 Å². The third-order valence-electron chi connectivity index (χ3n) is 5.87. The van der Waals surface area contributed by atoms with Crippen molar-refractivity contribution in [1.82, 2.24) is 30.2 Å². The smallest absolute Gasteiger partial charge is 0.395 e. The first-order chi connectivity index (χ1) is 18.5. The van der Waals surface area contributed by atoms with Crippen LogP contribution in [0.1, 0.15) is 43.7 Å². The van der Waals surface area contributed by atoms with Gasteiger partial charge in [0.15, 0.2) is 0 Å². The van der Waals surface area contributed by atoms with Crippen LogP contribution < -0.4 is 15.5 Å². The van der Waals surface area contributed by atoms with E-state index in [1.54, 1.807) is 13.0 Å². The lowest BCUT2D eigenvalue weighted by Crippen LogP contribution is -2.47. The van der Waals surface area contributed by atoms with E-state index < -0.39 is 34.6 Å². The van der Waals surface area contributed by atoms with Crippen LogP contribution in [0.4, 0.5) is 24.8 Å². The maximum atomic E-state index is 13.1. The molecule has 39 heavy (non-hydrogen) atoms. The molecule has 3 aromatic heterocycles. The van der Waals surface area contributed by atoms with E-state index in [2.05, 4.69) is 35.5 Å². The highest BCUT2D eigenvalue weighted by atomic mass is 35.5. The average molecular weight is 585 g/mol. The number of carbonyl (C=O) groups is 2. The second kappa shape index (κ2) is 12.2. The van der Waals surface area contributed by atoms with Gasteiger partial charge >= 0.3 is 6.18 Å². The van der Waals surface area contributed by atoms with Gasteiger partial charge in [-0.2, -0.15) is 13.2 Å². The first kappa shape index (κ1) is 28.6. The molecule has 0 radical (unpaired) electrons. The third kappa shape index (κ3) is 7.17. The number of hydrogen-bond donors (Lipinski definition) is 3. The van der Waals surface area contributed by atoms with Gasteiger partial charge in [-0.3, -0.25) is 14.5 Å². The lowest BCUT2D eigenvalue weighted by atomic mass is 10.2. The van der Waals surface area contributed by atoms with Crippen LogP contribution in [0.3, 0.4) is 0 Å². The molecule has 1 fully saturated rings. The van der Waals surface area contributed by atoms with Crippen LogP contribution in [-0.2, 0) is 6.18 Å². The summed E-state index contributed by atoms with van der Waals surface area (Å²) >= 11 is 6.54. The van der Waals surface area contributed by atoms with Gasteiger partial charge in [-0.1, -0.05) is 11.6 Å². The summed E-state index contributed by atoms with van der Waals surface area (Å²) in [5.74, 6) is -0.873. The standard InChI is InChI=1S/C23H24ClF3N8O3S/c1-13(32-20(37)16-9-19(31-12-30-16)35-4-2-34(3-5-35)6-7-36)22-29-11-17(39-22)21(38)33-18-8-14(23(25,26)27)15(24)10-28-18/h8-13,36H,2-7H2,1H3,(H,32,37)(H,28,33,38)/t13-/m1/s1. The van der Waals surface area contributed by atoms with E-state index in [0.29, 0.717) is 36.5 Å². The van der Waals surface area contributed by atoms with Gasteiger partial charge < -0.3 is 20.6 Å². The predicted octanol–water partition coefficient (Wildman–Crippen LogP) is 2.86. The Kier molecular flexibility index (Phi) is 8.94. The number of carbonyl (C=O) groups excluding carboxylic acids is 2. The van der Waals surface area contributed by atoms with Crippen molar-refractivity contribution in [2.24, 2.45) is 0 Å². The molecule has 1 aliphatic heterocycles. The second-order valence-electron chi connectivity index (χ2n) is 8.57. The highest BCUT2D eigenvalue weighted by Crippen LogP contribution is 2.35. The summed E-state index contributed by atoms with van der Waals surface area (Å²) in [6, 6.07) is 1.66. The van der Waals surface area contributed by atoms with Crippen molar-refractivity contribution >= 4 is 46.4 Å². The maximum absolute atomic E-state index is 13.1. The van der Waals surface area contributed by atoms with Gasteiger partial charge in [0.05, 0.1) is 29.4 Å². The lowest BCUT2D eigenvalue weighted by molar-refractivity contribution is -0.137. The molecule has 3 N–H and O–H groups in total. The Morgan fingerprint density at radius 3 is 2.54 bits per heavy atom. The number of rotatable bonds is 8. The van der Waals surface area contributed by atoms with Crippen molar-refractivity contribution in [2.45, 2.75) is 19.1 Å². The van der Waals surface area contributed by atoms with Gasteiger partial charge in [0.1, 0.15) is 33.5 Å². The van der Waals surface area contributed by atoms with E-state index in [4.69, 9.17) is 16.7 Å². The molecule has 3 aromatic rings. The van der Waals surface area contributed by atoms with E-state index in [-0.39, 0.29) is 23.0 Å². The molecule has 0 aliphatic carbocycles. The van der Waals surface area contributed by atoms with Crippen LogP contribution in [0.25, 0.3) is 0 Å². The van der Waals surface area contributed by atoms with Gasteiger partial charge in [0, 0.05) is 45.0 Å². The number of aromatic nitrogens is 4. The van der Waals surface area contributed by atoms with E-state index in [1.807, 2.05) is 4.90 Å². The summed E-state index contributed by atoms with van der Waals surface area (Å²) in [6.45, 7) is 5.31. The van der Waals surface area contributed by atoms with E-state index in [9.17, 15) is 22.8 Å². The van der Waals surface area contributed by atoms with Gasteiger partial charge in [-0.25, -0.2) is 19.9 Å². The molecular weight excluding hydrogens is 561 g/mol. The number of amides is 2. The van der Waals surface area contributed by atoms with Crippen LogP contribution in [0.2, 0.25) is 5.02 Å². The predicted molar refractivity (Wildman–Crippen MR) is 138 cm³/mol. The van der Waals surface area contributed by atoms with Crippen LogP contribution >= 0.6 is 22.9 Å². The molecule has 0 spiro atoms. The molecule has 1 atom stereocenters. The Hall–Kier alpha value is -3.40. The van der Waals surface area contributed by atoms with Crippen LogP contribution in [0.5, 0.6) is 0 Å². The molecule has 0 unspecified atom stereocenters. The van der Waals surface area contributed by atoms with Crippen molar-refractivity contribution in [2.75, 3.05) is 49.5 Å². The topological polar surface area (TPSA) is 136 Å². The Balaban J connectivity index is 1.37. The number of nitrogens with zero attached hydrogens (tertiary/aromatic N) is 6. The number of hydrogen-bond acceptors (Lipinski definition) is 10. The van der Waals surface area contributed by atoms with Crippen LogP contribution in [0, 0.1) is 0 Å². The summed E-state index contributed by atoms with van der Waals surface area (Å²) < 4.78 is 39.2. The molecule has 2 amide bonds. The molecule has 4 heterocycles. The first-order valence-electron chi connectivity index (χ1n) is 11.8. The highest BCUT2D eigenvalue weighted by Gasteiger charge is 2.34. The molecule has 1 aliphatic rings. The number of anilines is 2. The zero-order valence-corrected chi connectivity index (χ0v) is 22.1. The zero-order valence-electron chi connectivity index (χ0n) is 20.6. The van der Waals surface area contributed by atoms with Crippen molar-refractivity contribution in [3.8, 4) is 0 Å². The molecular formula is C23H24ClF3N8O3S. The quantitative estimate of drug-likeness (QED) is 0.365. The van der Waals surface area contributed by atoms with Crippen LogP contribution in [0.15, 0.2) is 30.9 Å². The molecule has 1 saturated heterocycles. The number of pyridine rings is 1. The lowest BCUT2D eigenvalue weighted by Gasteiger charge is -2.35. The van der Waals surface area contributed by atoms with Crippen molar-refractivity contribution in [1.29, 1.82) is 0 Å². The van der Waals surface area contributed by atoms with Gasteiger partial charge in [0.25, 0.3) is 11.8 Å². The van der Waals surface area contributed by atoms with Crippen molar-refractivity contribution < 1.29 is 27.9 Å². The number of aliphatic hydroxyl groups excluding tert-OH is 1. The SMILES string of the molecule is C[C@@H](NC(=O)c1cc(N2CCN(CCO)CC2)ncn1)c1ncc(C(=O)Nc2cc(C(F)(F)F)c(Cl)cn2)s1. The molecule has 0 saturated carbocycles. The number of thiazole rings is 1. The summed E-state index contributed by atoms with van der Waals surface area (Å²) in [6.07, 6.45) is -1.32. The summed E-state index contributed by atoms with van der Waals surface area (Å²) in [5.41, 5.74) is -0.957. The Morgan fingerprint density at radius 1 is 1.10 bits per heavy atom. The van der Waals surface area contributed by atoms with Crippen LogP contribution in [-0.4, -0.2) is 81.1 Å². The molecule has 16 heteroatoms. The maximum Gasteiger partial charge on any atom is 0.418 e. The minimum Gasteiger partial charge on any atom is -0.395 e. The molecule has 0 aromatic carbocycles. The number of alkyl halides is 3. The fourth-order valence-corrected chi connectivity index (χ4v) is 4.84. The number of β-amino-alcohol motifs (C(OH)–C–C–N with tert-alkyl or cyclic N) is 1. The number of aliphatic hydroxyl groups is 1. The van der Waals surface area contributed by atoms with Crippen molar-refractivity contribution in [3.63, 3.8) is 0 Å². The van der Waals surface area contributed by atoms with E-state index in [0.717, 1.165) is 30.6 Å². The number of nitrogens with one attached hydrogen (secondary N) is 2. The van der Waals surface area contributed by atoms with Crippen molar-refractivity contribution in [3.05, 3.63) is 57.0 Å². The Bertz CT molecular complexity index is 1330. The molecule has 0 bridgehead atoms. The zero-order chi connectivity index (χ0) is 28.2. The molecule has 11 nitrogen and oxygen atoms in total. The summed E-state index contributed by atoms with van der Waals surface area (Å²) in [4.78, 5) is 45.9. The fraction of sp³-hybridized carbons (Fsp3) is 0.391. The number of piperazine rings is 1. The number of halogens is 4. The Labute approximate surface area is 230 Å². The largest absolute Gasteiger partial charge is 0.418 e. The molecule has 208 valence electrons. The molecule has 4 rings (SSSR count). The minimum absolute atomic E-state index is 0.101. The minimum atomic E-state index is -4.70. The van der Waals surface area contributed by atoms with Gasteiger partial charge in [0.2, 0.25) is 0 Å². The normalized spacial score (nSPS) is 15.2. The second-order valence-corrected chi connectivity index (χ2v) is 10.0. The third-order valence-corrected chi connectivity index (χ3v) is 7.35. The van der Waals surface area contributed by atoms with E-state index in [1.165, 1.54) is 12.5 Å². The Morgan fingerprint density at radius 2 is 1.85 bits per heavy atom. The van der Waals surface area contributed by atoms with Gasteiger partial charge in [-0.05, 0) is 13.0 Å².